The van der Waals surface area contributed by atoms with E-state index in [2.05, 4.69) is 10.6 Å². The number of nitriles is 1. The monoisotopic (exact) mass is 291 g/mol. The molecule has 0 aliphatic rings. The summed E-state index contributed by atoms with van der Waals surface area (Å²) in [5.41, 5.74) is 4.24. The van der Waals surface area contributed by atoms with Gasteiger partial charge >= 0.3 is 0 Å². The molecule has 4 nitrogen and oxygen atoms in total. The van der Waals surface area contributed by atoms with Crippen molar-refractivity contribution in [1.82, 2.24) is 5.32 Å². The molecule has 1 aromatic carbocycles. The van der Waals surface area contributed by atoms with Crippen LogP contribution in [0.15, 0.2) is 23.9 Å². The van der Waals surface area contributed by atoms with E-state index in [0.717, 1.165) is 16.8 Å². The number of hydrogen-bond donors (Lipinski definition) is 2. The molecule has 1 aromatic rings. The lowest BCUT2D eigenvalue weighted by Crippen LogP contribution is -2.26. The second-order valence-electron chi connectivity index (χ2n) is 4.53. The normalized spacial score (nSPS) is 10.8. The van der Waals surface area contributed by atoms with Crippen molar-refractivity contribution in [3.63, 3.8) is 0 Å². The van der Waals surface area contributed by atoms with Crippen LogP contribution in [0.4, 0.5) is 5.69 Å². The van der Waals surface area contributed by atoms with E-state index in [4.69, 9.17) is 16.9 Å². The van der Waals surface area contributed by atoms with Crippen molar-refractivity contribution in [3.05, 3.63) is 40.6 Å². The van der Waals surface area contributed by atoms with E-state index in [9.17, 15) is 4.79 Å². The molecule has 5 heteroatoms. The van der Waals surface area contributed by atoms with Gasteiger partial charge in [0, 0.05) is 24.3 Å². The summed E-state index contributed by atoms with van der Waals surface area (Å²) in [5.74, 6) is -0.114. The topological polar surface area (TPSA) is 64.9 Å². The molecule has 0 aliphatic heterocycles. The molecule has 0 atom stereocenters. The lowest BCUT2D eigenvalue weighted by molar-refractivity contribution is -0.117. The minimum Gasteiger partial charge on any atom is -0.360 e. The van der Waals surface area contributed by atoms with Crippen molar-refractivity contribution in [2.75, 3.05) is 17.7 Å². The minimum atomic E-state index is -0.428. The average molecular weight is 292 g/mol. The predicted molar refractivity (Wildman–Crippen MR) is 81.7 cm³/mol. The molecule has 2 N–H and O–H groups in total. The Morgan fingerprint density at radius 1 is 1.35 bits per heavy atom. The third kappa shape index (κ3) is 4.29. The van der Waals surface area contributed by atoms with Crippen LogP contribution < -0.4 is 10.6 Å². The van der Waals surface area contributed by atoms with Gasteiger partial charge in [-0.3, -0.25) is 4.79 Å². The zero-order valence-corrected chi connectivity index (χ0v) is 12.6. The van der Waals surface area contributed by atoms with Gasteiger partial charge in [-0.05, 0) is 31.9 Å². The van der Waals surface area contributed by atoms with Crippen LogP contribution >= 0.6 is 11.6 Å². The molecule has 0 aliphatic carbocycles. The third-order valence-electron chi connectivity index (χ3n) is 2.78. The number of halogens is 1. The highest BCUT2D eigenvalue weighted by molar-refractivity contribution is 6.18. The van der Waals surface area contributed by atoms with Crippen molar-refractivity contribution in [2.45, 2.75) is 20.8 Å². The fourth-order valence-electron chi connectivity index (χ4n) is 1.96. The number of carbonyl (C=O) groups excluding carboxylic acids is 1. The molecule has 0 spiro atoms. The molecule has 106 valence electrons. The number of hydrogen-bond acceptors (Lipinski definition) is 3. The van der Waals surface area contributed by atoms with Crippen molar-refractivity contribution < 1.29 is 4.79 Å². The molecule has 0 aromatic heterocycles. The molecule has 1 amide bonds. The van der Waals surface area contributed by atoms with Crippen LogP contribution in [0.3, 0.4) is 0 Å². The van der Waals surface area contributed by atoms with Crippen LogP contribution in [-0.2, 0) is 4.79 Å². The summed E-state index contributed by atoms with van der Waals surface area (Å²) < 4.78 is 0. The van der Waals surface area contributed by atoms with Gasteiger partial charge < -0.3 is 10.6 Å². The molecule has 0 saturated heterocycles. The van der Waals surface area contributed by atoms with Crippen LogP contribution in [0.25, 0.3) is 0 Å². The zero-order chi connectivity index (χ0) is 15.1. The second-order valence-corrected chi connectivity index (χ2v) is 4.91. The standard InChI is InChI=1S/C15H18ClN3O/c1-10-6-11(2)14(12(3)7-10)19-9-13(8-17)15(20)18-5-4-16/h6-7,9,19H,4-5H2,1-3H3,(H,18,20)/b13-9-. The number of anilines is 1. The van der Waals surface area contributed by atoms with E-state index in [-0.39, 0.29) is 5.57 Å². The predicted octanol–water partition coefficient (Wildman–Crippen LogP) is 2.79. The van der Waals surface area contributed by atoms with Crippen LogP contribution in [-0.4, -0.2) is 18.3 Å². The smallest absolute Gasteiger partial charge is 0.263 e. The van der Waals surface area contributed by atoms with Crippen LogP contribution in [0.2, 0.25) is 0 Å². The number of rotatable bonds is 5. The van der Waals surface area contributed by atoms with Gasteiger partial charge in [-0.1, -0.05) is 17.7 Å². The third-order valence-corrected chi connectivity index (χ3v) is 2.97. The highest BCUT2D eigenvalue weighted by Gasteiger charge is 2.08. The lowest BCUT2D eigenvalue weighted by Gasteiger charge is -2.11. The maximum absolute atomic E-state index is 11.7. The number of benzene rings is 1. The highest BCUT2D eigenvalue weighted by Crippen LogP contribution is 2.22. The van der Waals surface area contributed by atoms with Gasteiger partial charge in [-0.2, -0.15) is 5.26 Å². The van der Waals surface area contributed by atoms with Crippen molar-refractivity contribution >= 4 is 23.2 Å². The summed E-state index contributed by atoms with van der Waals surface area (Å²) in [5, 5.41) is 14.6. The molecule has 0 bridgehead atoms. The first-order valence-corrected chi connectivity index (χ1v) is 6.82. The van der Waals surface area contributed by atoms with E-state index in [1.54, 1.807) is 0 Å². The Kier molecular flexibility index (Phi) is 6.08. The largest absolute Gasteiger partial charge is 0.360 e. The summed E-state index contributed by atoms with van der Waals surface area (Å²) in [6, 6.07) is 5.96. The van der Waals surface area contributed by atoms with E-state index >= 15 is 0 Å². The van der Waals surface area contributed by atoms with E-state index in [1.165, 1.54) is 11.8 Å². The van der Waals surface area contributed by atoms with Crippen LogP contribution in [0.1, 0.15) is 16.7 Å². The Hall–Kier alpha value is -1.99. The maximum Gasteiger partial charge on any atom is 0.263 e. The van der Waals surface area contributed by atoms with Gasteiger partial charge in [-0.25, -0.2) is 0 Å². The van der Waals surface area contributed by atoms with E-state index in [1.807, 2.05) is 39.0 Å². The first-order valence-electron chi connectivity index (χ1n) is 6.28. The highest BCUT2D eigenvalue weighted by atomic mass is 35.5. The Bertz CT molecular complexity index is 550. The molecule has 20 heavy (non-hydrogen) atoms. The van der Waals surface area contributed by atoms with Crippen molar-refractivity contribution in [3.8, 4) is 6.07 Å². The Morgan fingerprint density at radius 3 is 2.45 bits per heavy atom. The summed E-state index contributed by atoms with van der Waals surface area (Å²) in [6.07, 6.45) is 1.42. The molecule has 0 radical (unpaired) electrons. The second kappa shape index (κ2) is 7.56. The van der Waals surface area contributed by atoms with Gasteiger partial charge in [0.1, 0.15) is 11.6 Å². The number of alkyl halides is 1. The summed E-state index contributed by atoms with van der Waals surface area (Å²) in [4.78, 5) is 11.7. The van der Waals surface area contributed by atoms with E-state index in [0.29, 0.717) is 12.4 Å². The Labute approximate surface area is 124 Å². The molecule has 1 rings (SSSR count). The number of carbonyl (C=O) groups is 1. The molecular formula is C15H18ClN3O. The Balaban J connectivity index is 2.90. The molecule has 0 saturated carbocycles. The minimum absolute atomic E-state index is 0.0227. The summed E-state index contributed by atoms with van der Waals surface area (Å²) in [7, 11) is 0. The number of nitrogens with one attached hydrogen (secondary N) is 2. The van der Waals surface area contributed by atoms with Gasteiger partial charge in [0.05, 0.1) is 0 Å². The molecular weight excluding hydrogens is 274 g/mol. The van der Waals surface area contributed by atoms with Gasteiger partial charge in [-0.15, -0.1) is 11.6 Å². The number of amides is 1. The quantitative estimate of drug-likeness (QED) is 0.498. The van der Waals surface area contributed by atoms with Crippen molar-refractivity contribution in [1.29, 1.82) is 5.26 Å². The molecule has 0 unspecified atom stereocenters. The van der Waals surface area contributed by atoms with Gasteiger partial charge in [0.2, 0.25) is 0 Å². The van der Waals surface area contributed by atoms with Gasteiger partial charge in [0.15, 0.2) is 0 Å². The van der Waals surface area contributed by atoms with Crippen LogP contribution in [0, 0.1) is 32.1 Å². The van der Waals surface area contributed by atoms with Gasteiger partial charge in [0.25, 0.3) is 5.91 Å². The fraction of sp³-hybridized carbons (Fsp3) is 0.333. The Morgan fingerprint density at radius 2 is 1.95 bits per heavy atom. The van der Waals surface area contributed by atoms with E-state index < -0.39 is 5.91 Å². The SMILES string of the molecule is Cc1cc(C)c(N/C=C(/C#N)C(=O)NCCCl)c(C)c1. The first-order chi connectivity index (χ1) is 9.49. The maximum atomic E-state index is 11.7. The average Bonchev–Trinajstić information content (AvgIpc) is 2.39. The molecule has 0 fully saturated rings. The zero-order valence-electron chi connectivity index (χ0n) is 11.9. The number of nitrogens with zero attached hydrogens (tertiary/aromatic N) is 1. The summed E-state index contributed by atoms with van der Waals surface area (Å²) >= 11 is 5.49. The first kappa shape index (κ1) is 16.1. The molecule has 0 heterocycles. The lowest BCUT2D eigenvalue weighted by atomic mass is 10.1. The van der Waals surface area contributed by atoms with Crippen LogP contribution in [0.5, 0.6) is 0 Å². The van der Waals surface area contributed by atoms with Crippen molar-refractivity contribution in [2.24, 2.45) is 0 Å². The fourth-order valence-corrected chi connectivity index (χ4v) is 2.05. The summed E-state index contributed by atoms with van der Waals surface area (Å²) in [6.45, 7) is 6.33. The number of aryl methyl sites for hydroxylation is 3.